The van der Waals surface area contributed by atoms with Gasteiger partial charge < -0.3 is 10.5 Å². The van der Waals surface area contributed by atoms with Crippen molar-refractivity contribution in [1.29, 1.82) is 0 Å². The van der Waals surface area contributed by atoms with E-state index in [1.807, 2.05) is 0 Å². The molecule has 76 valence electrons. The highest BCUT2D eigenvalue weighted by molar-refractivity contribution is 5.42. The van der Waals surface area contributed by atoms with Gasteiger partial charge in [0.15, 0.2) is 0 Å². The van der Waals surface area contributed by atoms with E-state index in [1.165, 1.54) is 0 Å². The molecule has 4 heteroatoms. The summed E-state index contributed by atoms with van der Waals surface area (Å²) in [5, 5.41) is 0. The minimum Gasteiger partial charge on any atom is -0.383 e. The van der Waals surface area contributed by atoms with E-state index < -0.39 is 0 Å². The van der Waals surface area contributed by atoms with Crippen LogP contribution >= 0.6 is 0 Å². The SMILES string of the molecule is CCCc1nc(N)c2c(n1)CCOC2. The van der Waals surface area contributed by atoms with Crippen LogP contribution in [0.3, 0.4) is 0 Å². The Morgan fingerprint density at radius 2 is 2.29 bits per heavy atom. The maximum Gasteiger partial charge on any atom is 0.132 e. The Morgan fingerprint density at radius 3 is 3.07 bits per heavy atom. The van der Waals surface area contributed by atoms with Crippen LogP contribution in [0.4, 0.5) is 5.82 Å². The minimum absolute atomic E-state index is 0.563. The highest BCUT2D eigenvalue weighted by Gasteiger charge is 2.15. The minimum atomic E-state index is 0.563. The van der Waals surface area contributed by atoms with Crippen LogP contribution in [0.2, 0.25) is 0 Å². The molecule has 0 atom stereocenters. The Hall–Kier alpha value is -1.16. The number of nitrogens with zero attached hydrogens (tertiary/aromatic N) is 2. The molecule has 1 aliphatic rings. The third kappa shape index (κ3) is 1.70. The molecule has 14 heavy (non-hydrogen) atoms. The first kappa shape index (κ1) is 9.40. The summed E-state index contributed by atoms with van der Waals surface area (Å²) in [6, 6.07) is 0. The fourth-order valence-corrected chi connectivity index (χ4v) is 1.65. The number of rotatable bonds is 2. The Morgan fingerprint density at radius 1 is 1.43 bits per heavy atom. The van der Waals surface area contributed by atoms with Crippen LogP contribution in [0.15, 0.2) is 0 Å². The second-order valence-corrected chi connectivity index (χ2v) is 3.50. The van der Waals surface area contributed by atoms with Crippen LogP contribution in [0.25, 0.3) is 0 Å². The van der Waals surface area contributed by atoms with Crippen molar-refractivity contribution in [3.05, 3.63) is 17.1 Å². The van der Waals surface area contributed by atoms with E-state index >= 15 is 0 Å². The van der Waals surface area contributed by atoms with Gasteiger partial charge in [0.05, 0.1) is 18.9 Å². The topological polar surface area (TPSA) is 61.0 Å². The highest BCUT2D eigenvalue weighted by Crippen LogP contribution is 2.19. The standard InChI is InChI=1S/C10H15N3O/c1-2-3-9-12-8-4-5-14-6-7(8)10(11)13-9/h2-6H2,1H3,(H2,11,12,13). The third-order valence-corrected chi connectivity index (χ3v) is 2.37. The number of aryl methyl sites for hydroxylation is 1. The first-order valence-corrected chi connectivity index (χ1v) is 5.03. The Labute approximate surface area is 83.5 Å². The van der Waals surface area contributed by atoms with Crippen LogP contribution in [0.5, 0.6) is 0 Å². The summed E-state index contributed by atoms with van der Waals surface area (Å²) in [5.74, 6) is 1.46. The normalized spacial score (nSPS) is 15.2. The van der Waals surface area contributed by atoms with Crippen molar-refractivity contribution in [3.8, 4) is 0 Å². The van der Waals surface area contributed by atoms with Crippen molar-refractivity contribution in [1.82, 2.24) is 9.97 Å². The second kappa shape index (κ2) is 3.92. The van der Waals surface area contributed by atoms with Gasteiger partial charge in [-0.05, 0) is 6.42 Å². The van der Waals surface area contributed by atoms with Crippen molar-refractivity contribution >= 4 is 5.82 Å². The lowest BCUT2D eigenvalue weighted by Gasteiger charge is -2.17. The summed E-state index contributed by atoms with van der Waals surface area (Å²) in [6.45, 7) is 3.42. The van der Waals surface area contributed by atoms with E-state index in [2.05, 4.69) is 16.9 Å². The fraction of sp³-hybridized carbons (Fsp3) is 0.600. The fourth-order valence-electron chi connectivity index (χ4n) is 1.65. The Kier molecular flexibility index (Phi) is 2.63. The number of fused-ring (bicyclic) bond motifs is 1. The van der Waals surface area contributed by atoms with E-state index in [1.54, 1.807) is 0 Å². The average Bonchev–Trinajstić information content (AvgIpc) is 2.18. The van der Waals surface area contributed by atoms with Crippen LogP contribution in [0, 0.1) is 0 Å². The molecule has 2 N–H and O–H groups in total. The molecule has 0 saturated heterocycles. The zero-order valence-corrected chi connectivity index (χ0v) is 8.42. The molecule has 0 spiro atoms. The Balaban J connectivity index is 2.36. The number of anilines is 1. The van der Waals surface area contributed by atoms with Gasteiger partial charge in [0.25, 0.3) is 0 Å². The molecule has 0 bridgehead atoms. The van der Waals surface area contributed by atoms with E-state index in [0.29, 0.717) is 12.4 Å². The number of ether oxygens (including phenoxy) is 1. The molecule has 1 aromatic rings. The van der Waals surface area contributed by atoms with Gasteiger partial charge in [-0.25, -0.2) is 9.97 Å². The molecule has 0 saturated carbocycles. The lowest BCUT2D eigenvalue weighted by Crippen LogP contribution is -2.17. The summed E-state index contributed by atoms with van der Waals surface area (Å²) in [7, 11) is 0. The monoisotopic (exact) mass is 193 g/mol. The van der Waals surface area contributed by atoms with E-state index in [9.17, 15) is 0 Å². The largest absolute Gasteiger partial charge is 0.383 e. The van der Waals surface area contributed by atoms with Gasteiger partial charge in [-0.15, -0.1) is 0 Å². The Bertz CT molecular complexity index is 338. The molecule has 1 aromatic heterocycles. The number of aromatic nitrogens is 2. The average molecular weight is 193 g/mol. The van der Waals surface area contributed by atoms with Crippen molar-refractivity contribution in [2.24, 2.45) is 0 Å². The predicted octanol–water partition coefficient (Wildman–Crippen LogP) is 1.08. The van der Waals surface area contributed by atoms with E-state index in [4.69, 9.17) is 10.5 Å². The van der Waals surface area contributed by atoms with Gasteiger partial charge in [-0.3, -0.25) is 0 Å². The summed E-state index contributed by atoms with van der Waals surface area (Å²) in [6.07, 6.45) is 2.81. The van der Waals surface area contributed by atoms with E-state index in [0.717, 1.165) is 43.0 Å². The summed E-state index contributed by atoms with van der Waals surface area (Å²) >= 11 is 0. The molecule has 2 rings (SSSR count). The molecule has 0 amide bonds. The number of nitrogen functional groups attached to an aromatic ring is 1. The second-order valence-electron chi connectivity index (χ2n) is 3.50. The molecule has 2 heterocycles. The summed E-state index contributed by atoms with van der Waals surface area (Å²) < 4.78 is 5.32. The highest BCUT2D eigenvalue weighted by atomic mass is 16.5. The van der Waals surface area contributed by atoms with Gasteiger partial charge in [0.2, 0.25) is 0 Å². The van der Waals surface area contributed by atoms with Gasteiger partial charge in [-0.1, -0.05) is 6.92 Å². The molecule has 0 fully saturated rings. The zero-order chi connectivity index (χ0) is 9.97. The number of hydrogen-bond donors (Lipinski definition) is 1. The summed E-state index contributed by atoms with van der Waals surface area (Å²) in [5.41, 5.74) is 7.90. The lowest BCUT2D eigenvalue weighted by molar-refractivity contribution is 0.109. The maximum atomic E-state index is 5.84. The maximum absolute atomic E-state index is 5.84. The lowest BCUT2D eigenvalue weighted by atomic mass is 10.1. The van der Waals surface area contributed by atoms with Crippen molar-refractivity contribution in [2.75, 3.05) is 12.3 Å². The quantitative estimate of drug-likeness (QED) is 0.763. The molecular weight excluding hydrogens is 178 g/mol. The van der Waals surface area contributed by atoms with Gasteiger partial charge in [0.1, 0.15) is 11.6 Å². The molecule has 0 aromatic carbocycles. The number of nitrogens with two attached hydrogens (primary N) is 1. The van der Waals surface area contributed by atoms with Crippen molar-refractivity contribution in [3.63, 3.8) is 0 Å². The first-order valence-electron chi connectivity index (χ1n) is 5.03. The van der Waals surface area contributed by atoms with Crippen LogP contribution in [-0.2, 0) is 24.2 Å². The molecule has 4 nitrogen and oxygen atoms in total. The predicted molar refractivity (Wildman–Crippen MR) is 53.8 cm³/mol. The van der Waals surface area contributed by atoms with E-state index in [-0.39, 0.29) is 0 Å². The van der Waals surface area contributed by atoms with Crippen LogP contribution in [-0.4, -0.2) is 16.6 Å². The van der Waals surface area contributed by atoms with Gasteiger partial charge >= 0.3 is 0 Å². The van der Waals surface area contributed by atoms with Crippen LogP contribution < -0.4 is 5.73 Å². The third-order valence-electron chi connectivity index (χ3n) is 2.37. The molecule has 0 unspecified atom stereocenters. The zero-order valence-electron chi connectivity index (χ0n) is 8.42. The molecule has 1 aliphatic heterocycles. The van der Waals surface area contributed by atoms with Crippen molar-refractivity contribution < 1.29 is 4.74 Å². The van der Waals surface area contributed by atoms with Gasteiger partial charge in [0, 0.05) is 18.4 Å². The molecular formula is C10H15N3O. The smallest absolute Gasteiger partial charge is 0.132 e. The van der Waals surface area contributed by atoms with Crippen LogP contribution in [0.1, 0.15) is 30.4 Å². The molecule has 0 aliphatic carbocycles. The molecule has 0 radical (unpaired) electrons. The summed E-state index contributed by atoms with van der Waals surface area (Å²) in [4.78, 5) is 8.76. The first-order chi connectivity index (χ1) is 6.81. The number of hydrogen-bond acceptors (Lipinski definition) is 4. The van der Waals surface area contributed by atoms with Gasteiger partial charge in [-0.2, -0.15) is 0 Å². The van der Waals surface area contributed by atoms with Crippen molar-refractivity contribution in [2.45, 2.75) is 32.8 Å².